The van der Waals surface area contributed by atoms with Crippen molar-refractivity contribution in [3.05, 3.63) is 61.7 Å². The minimum atomic E-state index is -0.0976. The third kappa shape index (κ3) is 2.57. The van der Waals surface area contributed by atoms with Crippen molar-refractivity contribution < 1.29 is 0 Å². The highest BCUT2D eigenvalue weighted by atomic mass is 79.9. The van der Waals surface area contributed by atoms with Crippen LogP contribution in [0, 0.1) is 6.92 Å². The highest BCUT2D eigenvalue weighted by molar-refractivity contribution is 9.10. The molecule has 3 rings (SSSR count). The largest absolute Gasteiger partial charge is 0.272 e. The second-order valence-electron chi connectivity index (χ2n) is 4.23. The van der Waals surface area contributed by atoms with Crippen molar-refractivity contribution in [1.82, 2.24) is 14.4 Å². The molecule has 0 aliphatic carbocycles. The lowest BCUT2D eigenvalue weighted by atomic mass is 10.3. The third-order valence-electron chi connectivity index (χ3n) is 2.71. The van der Waals surface area contributed by atoms with Gasteiger partial charge in [-0.3, -0.25) is 14.2 Å². The van der Waals surface area contributed by atoms with E-state index in [1.807, 2.05) is 37.3 Å². The van der Waals surface area contributed by atoms with E-state index in [0.717, 1.165) is 16.3 Å². The lowest BCUT2D eigenvalue weighted by Crippen LogP contribution is -2.12. The molecule has 0 saturated heterocycles. The molecular weight excluding hydrogens is 338 g/mol. The van der Waals surface area contributed by atoms with Gasteiger partial charge >= 0.3 is 0 Å². The Morgan fingerprint density at radius 1 is 1.35 bits per heavy atom. The van der Waals surface area contributed by atoms with Crippen LogP contribution in [0.4, 0.5) is 0 Å². The molecule has 100 valence electrons. The Kier molecular flexibility index (Phi) is 3.50. The monoisotopic (exact) mass is 347 g/mol. The fraction of sp³-hybridized carbons (Fsp3) is 0.0714. The Bertz CT molecular complexity index is 866. The number of thiazole rings is 1. The van der Waals surface area contributed by atoms with Crippen molar-refractivity contribution >= 4 is 44.4 Å². The highest BCUT2D eigenvalue weighted by Crippen LogP contribution is 2.18. The summed E-state index contributed by atoms with van der Waals surface area (Å²) in [4.78, 5) is 22.2. The molecule has 0 aliphatic heterocycles. The first-order valence-electron chi connectivity index (χ1n) is 5.92. The molecule has 3 aromatic rings. The molecule has 0 fully saturated rings. The number of hydrogen-bond donors (Lipinski definition) is 0. The predicted octanol–water partition coefficient (Wildman–Crippen LogP) is 3.39. The van der Waals surface area contributed by atoms with Gasteiger partial charge in [0.25, 0.3) is 5.56 Å². The van der Waals surface area contributed by atoms with Crippen molar-refractivity contribution in [3.63, 3.8) is 0 Å². The van der Waals surface area contributed by atoms with Crippen LogP contribution in [0.1, 0.15) is 16.3 Å². The molecule has 0 spiro atoms. The first kappa shape index (κ1) is 13.2. The van der Waals surface area contributed by atoms with Crippen LogP contribution >= 0.6 is 27.3 Å². The second kappa shape index (κ2) is 5.30. The number of aryl methyl sites for hydroxylation is 1. The van der Waals surface area contributed by atoms with Gasteiger partial charge in [-0.1, -0.05) is 17.4 Å². The first-order valence-corrected chi connectivity index (χ1v) is 7.53. The standard InChI is InChI=1S/C14H10BrN3OS/c1-9-3-2-4-10(17-9)5-6-11-8-18-13(19)12(15)7-16-14(18)20-11/h2-8H,1H3. The topological polar surface area (TPSA) is 47.3 Å². The van der Waals surface area contributed by atoms with E-state index in [1.54, 1.807) is 6.20 Å². The van der Waals surface area contributed by atoms with E-state index in [-0.39, 0.29) is 5.56 Å². The lowest BCUT2D eigenvalue weighted by Gasteiger charge is -1.93. The molecular formula is C14H10BrN3OS. The number of pyridine rings is 1. The van der Waals surface area contributed by atoms with Gasteiger partial charge in [-0.05, 0) is 47.1 Å². The Labute approximate surface area is 127 Å². The number of nitrogens with zero attached hydrogens (tertiary/aromatic N) is 3. The zero-order valence-corrected chi connectivity index (χ0v) is 13.0. The van der Waals surface area contributed by atoms with Crippen LogP contribution in [0.5, 0.6) is 0 Å². The van der Waals surface area contributed by atoms with Gasteiger partial charge < -0.3 is 0 Å². The molecule has 6 heteroatoms. The minimum Gasteiger partial charge on any atom is -0.268 e. The van der Waals surface area contributed by atoms with Gasteiger partial charge in [-0.25, -0.2) is 4.98 Å². The summed E-state index contributed by atoms with van der Waals surface area (Å²) < 4.78 is 2.00. The number of fused-ring (bicyclic) bond motifs is 1. The normalized spacial score (nSPS) is 11.5. The maximum absolute atomic E-state index is 11.9. The molecule has 0 aliphatic rings. The van der Waals surface area contributed by atoms with Crippen LogP contribution in [0.25, 0.3) is 17.1 Å². The van der Waals surface area contributed by atoms with Gasteiger partial charge in [0, 0.05) is 23.0 Å². The third-order valence-corrected chi connectivity index (χ3v) is 4.22. The summed E-state index contributed by atoms with van der Waals surface area (Å²) in [7, 11) is 0. The van der Waals surface area contributed by atoms with E-state index in [9.17, 15) is 4.79 Å². The molecule has 3 heterocycles. The van der Waals surface area contributed by atoms with Gasteiger partial charge in [-0.2, -0.15) is 0 Å². The lowest BCUT2D eigenvalue weighted by molar-refractivity contribution is 1.06. The first-order chi connectivity index (χ1) is 9.63. The van der Waals surface area contributed by atoms with Crippen LogP contribution < -0.4 is 5.56 Å². The summed E-state index contributed by atoms with van der Waals surface area (Å²) in [6, 6.07) is 5.87. The fourth-order valence-corrected chi connectivity index (χ4v) is 2.92. The average molecular weight is 348 g/mol. The van der Waals surface area contributed by atoms with Crippen LogP contribution in [-0.2, 0) is 0 Å². The highest BCUT2D eigenvalue weighted by Gasteiger charge is 2.05. The summed E-state index contributed by atoms with van der Waals surface area (Å²) in [6.07, 6.45) is 7.18. The van der Waals surface area contributed by atoms with Crippen LogP contribution in [0.3, 0.4) is 0 Å². The Balaban J connectivity index is 1.99. The van der Waals surface area contributed by atoms with Gasteiger partial charge in [0.05, 0.1) is 5.69 Å². The van der Waals surface area contributed by atoms with Gasteiger partial charge in [0.1, 0.15) is 4.47 Å². The molecule has 0 amide bonds. The van der Waals surface area contributed by atoms with Gasteiger partial charge in [0.2, 0.25) is 0 Å². The molecule has 0 saturated carbocycles. The quantitative estimate of drug-likeness (QED) is 0.713. The molecule has 0 N–H and O–H groups in total. The summed E-state index contributed by atoms with van der Waals surface area (Å²) >= 11 is 4.65. The van der Waals surface area contributed by atoms with Crippen molar-refractivity contribution in [2.24, 2.45) is 0 Å². The molecule has 3 aromatic heterocycles. The minimum absolute atomic E-state index is 0.0976. The van der Waals surface area contributed by atoms with Gasteiger partial charge in [0.15, 0.2) is 4.96 Å². The van der Waals surface area contributed by atoms with Gasteiger partial charge in [-0.15, -0.1) is 0 Å². The molecule has 0 unspecified atom stereocenters. The Morgan fingerprint density at radius 2 is 2.20 bits per heavy atom. The van der Waals surface area contributed by atoms with Crippen LogP contribution in [0.15, 0.2) is 39.9 Å². The van der Waals surface area contributed by atoms with E-state index >= 15 is 0 Å². The number of aromatic nitrogens is 3. The van der Waals surface area contributed by atoms with E-state index in [4.69, 9.17) is 0 Å². The van der Waals surface area contributed by atoms with E-state index < -0.39 is 0 Å². The molecule has 4 nitrogen and oxygen atoms in total. The zero-order chi connectivity index (χ0) is 14.1. The number of halogens is 1. The molecule has 0 aromatic carbocycles. The van der Waals surface area contributed by atoms with Crippen molar-refractivity contribution in [2.45, 2.75) is 6.92 Å². The summed E-state index contributed by atoms with van der Waals surface area (Å²) in [5.74, 6) is 0. The van der Waals surface area contributed by atoms with Crippen molar-refractivity contribution in [3.8, 4) is 0 Å². The average Bonchev–Trinajstić information content (AvgIpc) is 2.85. The summed E-state index contributed by atoms with van der Waals surface area (Å²) in [6.45, 7) is 1.96. The molecule has 0 radical (unpaired) electrons. The summed E-state index contributed by atoms with van der Waals surface area (Å²) in [5, 5.41) is 0. The smallest absolute Gasteiger partial charge is 0.268 e. The number of hydrogen-bond acceptors (Lipinski definition) is 4. The SMILES string of the molecule is Cc1cccc(C=Cc2cn3c(=O)c(Br)cnc3s2)n1. The Morgan fingerprint density at radius 3 is 3.00 bits per heavy atom. The van der Waals surface area contributed by atoms with Crippen molar-refractivity contribution in [2.75, 3.05) is 0 Å². The maximum Gasteiger partial charge on any atom is 0.272 e. The van der Waals surface area contributed by atoms with Crippen molar-refractivity contribution in [1.29, 1.82) is 0 Å². The maximum atomic E-state index is 11.9. The van der Waals surface area contributed by atoms with Crippen LogP contribution in [0.2, 0.25) is 0 Å². The second-order valence-corrected chi connectivity index (χ2v) is 6.13. The molecule has 0 bridgehead atoms. The van der Waals surface area contributed by atoms with Crippen LogP contribution in [-0.4, -0.2) is 14.4 Å². The van der Waals surface area contributed by atoms with E-state index in [0.29, 0.717) is 9.43 Å². The molecule has 0 atom stereocenters. The van der Waals surface area contributed by atoms with E-state index in [2.05, 4.69) is 25.9 Å². The Hall–Kier alpha value is -1.79. The van der Waals surface area contributed by atoms with E-state index in [1.165, 1.54) is 21.9 Å². The molecule has 20 heavy (non-hydrogen) atoms. The fourth-order valence-electron chi connectivity index (χ4n) is 1.78. The predicted molar refractivity (Wildman–Crippen MR) is 84.9 cm³/mol. The zero-order valence-electron chi connectivity index (χ0n) is 10.6. The number of rotatable bonds is 2. The summed E-state index contributed by atoms with van der Waals surface area (Å²) in [5.41, 5.74) is 1.77.